The summed E-state index contributed by atoms with van der Waals surface area (Å²) in [5.41, 5.74) is -9.06. The average Bonchev–Trinajstić information content (AvgIpc) is 3.36. The third kappa shape index (κ3) is 6.47. The van der Waals surface area contributed by atoms with Gasteiger partial charge in [0, 0.05) is 44.9 Å². The number of amides is 6. The molecule has 1 aliphatic carbocycles. The Morgan fingerprint density at radius 1 is 0.611 bits per heavy atom. The highest BCUT2D eigenvalue weighted by Crippen LogP contribution is 2.56. The van der Waals surface area contributed by atoms with Gasteiger partial charge in [0.25, 0.3) is 11.8 Å². The van der Waals surface area contributed by atoms with Gasteiger partial charge in [-0.2, -0.15) is 0 Å². The smallest absolute Gasteiger partial charge is 0.325 e. The molecular formula is C38H60N6O10-2. The number of carbonyl (C=O) groups excluding carboxylic acids is 6. The lowest BCUT2D eigenvalue weighted by Crippen LogP contribution is -2.68. The van der Waals surface area contributed by atoms with Crippen LogP contribution in [0, 0.1) is 10.8 Å². The third-order valence-corrected chi connectivity index (χ3v) is 14.2. The van der Waals surface area contributed by atoms with E-state index in [0.29, 0.717) is 0 Å². The summed E-state index contributed by atoms with van der Waals surface area (Å²) in [5.74, 6) is -4.68. The number of aliphatic carboxylic acids is 2. The largest absolute Gasteiger partial charge is 0.550 e. The molecule has 16 nitrogen and oxygen atoms in total. The van der Waals surface area contributed by atoms with E-state index in [-0.39, 0.29) is 51.4 Å². The van der Waals surface area contributed by atoms with Crippen LogP contribution < -0.4 is 20.8 Å². The van der Waals surface area contributed by atoms with E-state index in [2.05, 4.69) is 20.4 Å². The van der Waals surface area contributed by atoms with E-state index in [1.165, 1.54) is 0 Å². The van der Waals surface area contributed by atoms with Crippen molar-refractivity contribution in [2.24, 2.45) is 10.8 Å². The maximum absolute atomic E-state index is 14.0. The lowest BCUT2D eigenvalue weighted by Gasteiger charge is -2.56. The van der Waals surface area contributed by atoms with Crippen molar-refractivity contribution in [1.29, 1.82) is 0 Å². The molecule has 0 aromatic heterocycles. The molecule has 0 aromatic carbocycles. The van der Waals surface area contributed by atoms with Gasteiger partial charge in [0.2, 0.25) is 0 Å². The molecule has 5 rings (SSSR count). The van der Waals surface area contributed by atoms with E-state index < -0.39 is 118 Å². The van der Waals surface area contributed by atoms with Gasteiger partial charge >= 0.3 is 12.1 Å². The number of urea groups is 2. The molecule has 1 saturated carbocycles. The Hall–Kier alpha value is -3.34. The van der Waals surface area contributed by atoms with Gasteiger partial charge in [-0.15, -0.1) is 0 Å². The second-order valence-corrected chi connectivity index (χ2v) is 19.6. The van der Waals surface area contributed by atoms with Crippen LogP contribution in [0.15, 0.2) is 0 Å². The number of nitrogens with one attached hydrogen (secondary N) is 2. The van der Waals surface area contributed by atoms with Crippen molar-refractivity contribution < 1.29 is 49.2 Å². The van der Waals surface area contributed by atoms with Gasteiger partial charge in [0.05, 0.1) is 25.3 Å². The van der Waals surface area contributed by atoms with Crippen molar-refractivity contribution in [1.82, 2.24) is 30.2 Å². The predicted octanol–water partition coefficient (Wildman–Crippen LogP) is -0.318. The fourth-order valence-electron chi connectivity index (χ4n) is 11.4. The number of aliphatic hydroxyl groups excluding tert-OH is 2. The maximum atomic E-state index is 14.0. The first-order valence-corrected chi connectivity index (χ1v) is 19.1. The van der Waals surface area contributed by atoms with Crippen molar-refractivity contribution in [2.45, 2.75) is 165 Å². The molecule has 304 valence electrons. The number of carbonyl (C=O) groups is 6. The van der Waals surface area contributed by atoms with Gasteiger partial charge in [0.15, 0.2) is 0 Å². The van der Waals surface area contributed by atoms with Crippen molar-refractivity contribution in [2.75, 3.05) is 27.2 Å². The number of rotatable bonds is 10. The zero-order chi connectivity index (χ0) is 40.8. The lowest BCUT2D eigenvalue weighted by atomic mass is 9.52. The summed E-state index contributed by atoms with van der Waals surface area (Å²) in [6.07, 6.45) is -3.65. The van der Waals surface area contributed by atoms with Crippen LogP contribution in [0.3, 0.4) is 0 Å². The minimum Gasteiger partial charge on any atom is -0.550 e. The number of nitrogens with zero attached hydrogens (tertiary/aromatic N) is 4. The normalized spacial score (nSPS) is 32.4. The van der Waals surface area contributed by atoms with Crippen LogP contribution in [0.25, 0.3) is 0 Å². The molecule has 0 radical (unpaired) electrons. The van der Waals surface area contributed by atoms with Crippen LogP contribution >= 0.6 is 0 Å². The van der Waals surface area contributed by atoms with Crippen LogP contribution in [-0.4, -0.2) is 138 Å². The Kier molecular flexibility index (Phi) is 10.2. The highest BCUT2D eigenvalue weighted by atomic mass is 16.4. The molecule has 2 spiro atoms. The van der Waals surface area contributed by atoms with Gasteiger partial charge in [-0.05, 0) is 121 Å². The Morgan fingerprint density at radius 3 is 1.15 bits per heavy atom. The molecule has 0 aromatic rings. The molecule has 4 unspecified atom stereocenters. The van der Waals surface area contributed by atoms with Gasteiger partial charge in [-0.1, -0.05) is 12.8 Å². The Bertz CT molecular complexity index is 1460. The van der Waals surface area contributed by atoms with Crippen molar-refractivity contribution in [3.05, 3.63) is 0 Å². The van der Waals surface area contributed by atoms with Crippen molar-refractivity contribution in [3.8, 4) is 0 Å². The number of aliphatic hydroxyl groups is 2. The summed E-state index contributed by atoms with van der Waals surface area (Å²) >= 11 is 0. The molecule has 54 heavy (non-hydrogen) atoms. The zero-order valence-electron chi connectivity index (χ0n) is 33.6. The first-order chi connectivity index (χ1) is 24.5. The second kappa shape index (κ2) is 13.1. The van der Waals surface area contributed by atoms with Gasteiger partial charge < -0.3 is 40.6 Å². The van der Waals surface area contributed by atoms with E-state index in [4.69, 9.17) is 0 Å². The molecule has 16 heteroatoms. The van der Waals surface area contributed by atoms with Crippen LogP contribution in [0.2, 0.25) is 0 Å². The third-order valence-electron chi connectivity index (χ3n) is 14.2. The molecule has 5 fully saturated rings. The fourth-order valence-corrected chi connectivity index (χ4v) is 11.4. The minimum absolute atomic E-state index is 0.254. The number of hydrogen-bond acceptors (Lipinski definition) is 12. The fraction of sp³-hybridized carbons (Fsp3) is 0.842. The highest BCUT2D eigenvalue weighted by Gasteiger charge is 2.63. The molecule has 4 atom stereocenters. The average molecular weight is 761 g/mol. The molecule has 5 aliphatic rings. The maximum Gasteiger partial charge on any atom is 0.325 e. The second-order valence-electron chi connectivity index (χ2n) is 19.6. The van der Waals surface area contributed by atoms with Gasteiger partial charge in [-0.25, -0.2) is 9.59 Å². The summed E-state index contributed by atoms with van der Waals surface area (Å²) < 4.78 is 0. The van der Waals surface area contributed by atoms with Crippen LogP contribution in [0.4, 0.5) is 9.59 Å². The monoisotopic (exact) mass is 760 g/mol. The highest BCUT2D eigenvalue weighted by molar-refractivity contribution is 6.08. The SMILES string of the molecule is CN1C(C)(C)CC2(CC1(C)C)NC(=O)N(CC(O)CC1(C(=O)[O-])CCCCC1(CC(O)CN1C(=O)NC3(CC(C)(C)N(C)C(C)(C)C3)C1=O)C(=O)[O-])C2=O. The Morgan fingerprint density at radius 2 is 0.889 bits per heavy atom. The van der Waals surface area contributed by atoms with Gasteiger partial charge in [0.1, 0.15) is 11.1 Å². The molecule has 4 N–H and O–H groups in total. The summed E-state index contributed by atoms with van der Waals surface area (Å²) in [4.78, 5) is 87.1. The zero-order valence-corrected chi connectivity index (χ0v) is 33.6. The van der Waals surface area contributed by atoms with E-state index in [9.17, 15) is 49.2 Å². The molecule has 4 aliphatic heterocycles. The number of carboxylic acids is 2. The van der Waals surface area contributed by atoms with Crippen molar-refractivity contribution in [3.63, 3.8) is 0 Å². The standard InChI is InChI=1S/C38H62N6O10/c1-31(2)19-37(20-32(3,4)41(31)9)25(47)43(29(53)39-37)17-23(45)15-35(27(49)50)13-11-12-14-36(35,28(51)52)16-24(46)18-44-26(48)38(40-30(44)54)21-33(5,6)42(10)34(7,8)22-38/h23-24,45-46H,11-22H2,1-10H3,(H,39,53)(H,40,54)(H,49,50)(H,51,52)/p-2. The van der Waals surface area contributed by atoms with Gasteiger partial charge in [-0.3, -0.25) is 29.2 Å². The number of β-amino-alcohol motifs (C(OH)–C–C–N with tert-alkyl or cyclic N) is 2. The molecular weight excluding hydrogens is 700 g/mol. The summed E-state index contributed by atoms with van der Waals surface area (Å²) in [5, 5.41) is 55.0. The number of imide groups is 2. The predicted molar refractivity (Wildman–Crippen MR) is 191 cm³/mol. The number of likely N-dealkylation sites (tertiary alicyclic amines) is 2. The Balaban J connectivity index is 1.37. The Labute approximate surface area is 317 Å². The molecule has 4 saturated heterocycles. The summed E-state index contributed by atoms with van der Waals surface area (Å²) in [6.45, 7) is 14.5. The van der Waals surface area contributed by atoms with E-state index in [0.717, 1.165) is 9.80 Å². The summed E-state index contributed by atoms with van der Waals surface area (Å²) in [6, 6.07) is -1.49. The van der Waals surface area contributed by atoms with E-state index in [1.807, 2.05) is 69.5 Å². The van der Waals surface area contributed by atoms with Crippen molar-refractivity contribution >= 4 is 35.8 Å². The first-order valence-electron chi connectivity index (χ1n) is 19.1. The topological polar surface area (TPSA) is 226 Å². The van der Waals surface area contributed by atoms with Crippen LogP contribution in [0.1, 0.15) is 120 Å². The first kappa shape index (κ1) is 41.8. The summed E-state index contributed by atoms with van der Waals surface area (Å²) in [7, 11) is 3.90. The number of carboxylic acid groups (broad SMARTS) is 2. The minimum atomic E-state index is -2.29. The van der Waals surface area contributed by atoms with Crippen LogP contribution in [-0.2, 0) is 19.2 Å². The van der Waals surface area contributed by atoms with E-state index in [1.54, 1.807) is 0 Å². The molecule has 0 bridgehead atoms. The van der Waals surface area contributed by atoms with Crippen LogP contribution in [0.5, 0.6) is 0 Å². The number of piperidine rings is 2. The quantitative estimate of drug-likeness (QED) is 0.210. The van der Waals surface area contributed by atoms with E-state index >= 15 is 0 Å². The number of hydrogen-bond donors (Lipinski definition) is 4. The molecule has 6 amide bonds. The lowest BCUT2D eigenvalue weighted by molar-refractivity contribution is -0.351. The molecule has 4 heterocycles.